The van der Waals surface area contributed by atoms with E-state index in [2.05, 4.69) is 0 Å². The number of aliphatic hydroxyl groups excluding tert-OH is 1. The molecule has 2 aromatic rings. The van der Waals surface area contributed by atoms with E-state index in [1.54, 1.807) is 6.07 Å². The third-order valence-electron chi connectivity index (χ3n) is 3.17. The van der Waals surface area contributed by atoms with Gasteiger partial charge in [0.1, 0.15) is 18.2 Å². The van der Waals surface area contributed by atoms with Crippen LogP contribution in [0.4, 0.5) is 4.39 Å². The first-order valence-corrected chi connectivity index (χ1v) is 6.57. The van der Waals surface area contributed by atoms with Crippen molar-refractivity contribution in [2.75, 3.05) is 0 Å². The Bertz CT molecular complexity index is 681. The predicted octanol–water partition coefficient (Wildman–Crippen LogP) is 3.39. The second-order valence-corrected chi connectivity index (χ2v) is 4.97. The smallest absolute Gasteiger partial charge is 0.125 e. The van der Waals surface area contributed by atoms with E-state index < -0.39 is 5.82 Å². The summed E-state index contributed by atoms with van der Waals surface area (Å²) >= 11 is 0. The van der Waals surface area contributed by atoms with Crippen LogP contribution in [0.2, 0.25) is 0 Å². The number of benzene rings is 2. The van der Waals surface area contributed by atoms with Crippen molar-refractivity contribution >= 4 is 0 Å². The maximum atomic E-state index is 13.4. The van der Waals surface area contributed by atoms with Gasteiger partial charge >= 0.3 is 0 Å². The van der Waals surface area contributed by atoms with Crippen LogP contribution in [0, 0.1) is 31.0 Å². The lowest BCUT2D eigenvalue weighted by molar-refractivity contribution is 0.280. The molecule has 0 aliphatic heterocycles. The van der Waals surface area contributed by atoms with Crippen LogP contribution >= 0.6 is 0 Å². The van der Waals surface area contributed by atoms with E-state index in [-0.39, 0.29) is 18.8 Å². The molecule has 0 unspecified atom stereocenters. The van der Waals surface area contributed by atoms with Gasteiger partial charge in [0.15, 0.2) is 0 Å². The predicted molar refractivity (Wildman–Crippen MR) is 77.3 cm³/mol. The third-order valence-corrected chi connectivity index (χ3v) is 3.17. The SMILES string of the molecule is Cc1cc(CO)cc(C)c1OCc1cc(F)cc(C#N)c1. The molecule has 0 heterocycles. The minimum Gasteiger partial charge on any atom is -0.488 e. The summed E-state index contributed by atoms with van der Waals surface area (Å²) in [7, 11) is 0. The zero-order chi connectivity index (χ0) is 15.4. The zero-order valence-electron chi connectivity index (χ0n) is 12.0. The molecule has 0 radical (unpaired) electrons. The molecule has 0 saturated carbocycles. The molecule has 0 fully saturated rings. The van der Waals surface area contributed by atoms with E-state index in [4.69, 9.17) is 15.1 Å². The maximum absolute atomic E-state index is 13.4. The molecule has 2 aromatic carbocycles. The average Bonchev–Trinajstić information content (AvgIpc) is 2.45. The molecule has 0 aliphatic carbocycles. The highest BCUT2D eigenvalue weighted by Gasteiger charge is 2.08. The lowest BCUT2D eigenvalue weighted by Gasteiger charge is -2.14. The first kappa shape index (κ1) is 15.0. The monoisotopic (exact) mass is 285 g/mol. The van der Waals surface area contributed by atoms with Crippen molar-refractivity contribution in [2.24, 2.45) is 0 Å². The van der Waals surface area contributed by atoms with Crippen LogP contribution in [-0.4, -0.2) is 5.11 Å². The third kappa shape index (κ3) is 3.59. The van der Waals surface area contributed by atoms with E-state index >= 15 is 0 Å². The van der Waals surface area contributed by atoms with Crippen molar-refractivity contribution in [3.8, 4) is 11.8 Å². The highest BCUT2D eigenvalue weighted by Crippen LogP contribution is 2.26. The van der Waals surface area contributed by atoms with Gasteiger partial charge in [0, 0.05) is 0 Å². The molecule has 108 valence electrons. The summed E-state index contributed by atoms with van der Waals surface area (Å²) < 4.78 is 19.1. The lowest BCUT2D eigenvalue weighted by atomic mass is 10.1. The van der Waals surface area contributed by atoms with Crippen molar-refractivity contribution < 1.29 is 14.2 Å². The van der Waals surface area contributed by atoms with Crippen molar-refractivity contribution in [1.82, 2.24) is 0 Å². The molecule has 3 nitrogen and oxygen atoms in total. The van der Waals surface area contributed by atoms with Crippen molar-refractivity contribution in [3.05, 3.63) is 64.0 Å². The number of rotatable bonds is 4. The van der Waals surface area contributed by atoms with E-state index in [0.29, 0.717) is 5.56 Å². The number of halogens is 1. The Labute approximate surface area is 123 Å². The molecule has 21 heavy (non-hydrogen) atoms. The molecule has 0 saturated heterocycles. The number of aryl methyl sites for hydroxylation is 2. The molecular weight excluding hydrogens is 269 g/mol. The standard InChI is InChI=1S/C17H16FNO2/c1-11-3-14(9-20)4-12(2)17(11)21-10-15-5-13(8-19)6-16(18)7-15/h3-7,20H,9-10H2,1-2H3. The maximum Gasteiger partial charge on any atom is 0.125 e. The van der Waals surface area contributed by atoms with Crippen LogP contribution in [-0.2, 0) is 13.2 Å². The van der Waals surface area contributed by atoms with Gasteiger partial charge in [-0.05, 0) is 54.3 Å². The molecule has 4 heteroatoms. The molecule has 2 rings (SSSR count). The Morgan fingerprint density at radius 3 is 2.33 bits per heavy atom. The first-order valence-electron chi connectivity index (χ1n) is 6.57. The van der Waals surface area contributed by atoms with Crippen molar-refractivity contribution in [1.29, 1.82) is 5.26 Å². The topological polar surface area (TPSA) is 53.2 Å². The normalized spacial score (nSPS) is 10.2. The van der Waals surface area contributed by atoms with E-state index in [1.807, 2.05) is 32.0 Å². The van der Waals surface area contributed by atoms with Crippen LogP contribution < -0.4 is 4.74 Å². The Hall–Kier alpha value is -2.38. The van der Waals surface area contributed by atoms with E-state index in [0.717, 1.165) is 22.4 Å². The molecule has 0 amide bonds. The van der Waals surface area contributed by atoms with Crippen molar-refractivity contribution in [2.45, 2.75) is 27.1 Å². The summed E-state index contributed by atoms with van der Waals surface area (Å²) in [6.45, 7) is 3.96. The van der Waals surface area contributed by atoms with Crippen molar-refractivity contribution in [3.63, 3.8) is 0 Å². The largest absolute Gasteiger partial charge is 0.488 e. The van der Waals surface area contributed by atoms with Gasteiger partial charge in [-0.1, -0.05) is 12.1 Å². The molecule has 0 spiro atoms. The van der Waals surface area contributed by atoms with Crippen LogP contribution in [0.1, 0.15) is 27.8 Å². The Morgan fingerprint density at radius 1 is 1.10 bits per heavy atom. The van der Waals surface area contributed by atoms with Gasteiger partial charge in [-0.3, -0.25) is 0 Å². The van der Waals surface area contributed by atoms with Crippen LogP contribution in [0.5, 0.6) is 5.75 Å². The van der Waals surface area contributed by atoms with Gasteiger partial charge in [-0.15, -0.1) is 0 Å². The van der Waals surface area contributed by atoms with Gasteiger partial charge in [-0.25, -0.2) is 4.39 Å². The van der Waals surface area contributed by atoms with Gasteiger partial charge in [0.05, 0.1) is 18.2 Å². The minimum absolute atomic E-state index is 0.0165. The summed E-state index contributed by atoms with van der Waals surface area (Å²) in [6.07, 6.45) is 0. The Kier molecular flexibility index (Phi) is 4.56. The number of nitriles is 1. The summed E-state index contributed by atoms with van der Waals surface area (Å²) in [5, 5.41) is 18.0. The summed E-state index contributed by atoms with van der Waals surface area (Å²) in [5.41, 5.74) is 3.54. The Balaban J connectivity index is 2.21. The van der Waals surface area contributed by atoms with E-state index in [9.17, 15) is 4.39 Å². The average molecular weight is 285 g/mol. The minimum atomic E-state index is -0.447. The molecule has 1 N–H and O–H groups in total. The molecule has 0 bridgehead atoms. The Morgan fingerprint density at radius 2 is 1.76 bits per heavy atom. The molecule has 0 atom stereocenters. The first-order chi connectivity index (χ1) is 10.0. The summed E-state index contributed by atoms with van der Waals surface area (Å²) in [4.78, 5) is 0. The van der Waals surface area contributed by atoms with Gasteiger partial charge in [0.2, 0.25) is 0 Å². The van der Waals surface area contributed by atoms with E-state index in [1.165, 1.54) is 12.1 Å². The molecular formula is C17H16FNO2. The second kappa shape index (κ2) is 6.38. The molecule has 0 aromatic heterocycles. The summed E-state index contributed by atoms with van der Waals surface area (Å²) in [5.74, 6) is 0.270. The number of ether oxygens (including phenoxy) is 1. The highest BCUT2D eigenvalue weighted by molar-refractivity contribution is 5.43. The van der Waals surface area contributed by atoms with Gasteiger partial charge in [0.25, 0.3) is 0 Å². The zero-order valence-corrected chi connectivity index (χ0v) is 12.0. The van der Waals surface area contributed by atoms with Crippen LogP contribution in [0.15, 0.2) is 30.3 Å². The summed E-state index contributed by atoms with van der Waals surface area (Å²) in [6, 6.07) is 9.78. The highest BCUT2D eigenvalue weighted by atomic mass is 19.1. The van der Waals surface area contributed by atoms with Crippen LogP contribution in [0.3, 0.4) is 0 Å². The number of hydrogen-bond donors (Lipinski definition) is 1. The second-order valence-electron chi connectivity index (χ2n) is 4.97. The molecule has 0 aliphatic rings. The number of hydrogen-bond acceptors (Lipinski definition) is 3. The number of aliphatic hydroxyl groups is 1. The number of nitrogens with zero attached hydrogens (tertiary/aromatic N) is 1. The fourth-order valence-electron chi connectivity index (χ4n) is 2.31. The lowest BCUT2D eigenvalue weighted by Crippen LogP contribution is -2.01. The fourth-order valence-corrected chi connectivity index (χ4v) is 2.31. The quantitative estimate of drug-likeness (QED) is 0.936. The van der Waals surface area contributed by atoms with Crippen LogP contribution in [0.25, 0.3) is 0 Å². The van der Waals surface area contributed by atoms with Gasteiger partial charge < -0.3 is 9.84 Å². The fraction of sp³-hybridized carbons (Fsp3) is 0.235. The van der Waals surface area contributed by atoms with Gasteiger partial charge in [-0.2, -0.15) is 5.26 Å².